The number of benzene rings is 1. The number of hydrogen-bond donors (Lipinski definition) is 2. The lowest BCUT2D eigenvalue weighted by atomic mass is 10.0. The van der Waals surface area contributed by atoms with Crippen molar-refractivity contribution in [1.82, 2.24) is 5.32 Å². The Kier molecular flexibility index (Phi) is 4.58. The Morgan fingerprint density at radius 1 is 1.35 bits per heavy atom. The third kappa shape index (κ3) is 3.27. The predicted molar refractivity (Wildman–Crippen MR) is 78.3 cm³/mol. The lowest BCUT2D eigenvalue weighted by Gasteiger charge is -2.14. The summed E-state index contributed by atoms with van der Waals surface area (Å²) in [5, 5.41) is 2.95. The van der Waals surface area contributed by atoms with Gasteiger partial charge in [0.25, 0.3) is 5.91 Å². The highest BCUT2D eigenvalue weighted by Crippen LogP contribution is 2.15. The Balaban J connectivity index is 2.02. The van der Waals surface area contributed by atoms with Gasteiger partial charge in [0.15, 0.2) is 0 Å². The van der Waals surface area contributed by atoms with Crippen molar-refractivity contribution in [2.45, 2.75) is 32.9 Å². The predicted octanol–water partition coefficient (Wildman–Crippen LogP) is 2.79. The minimum atomic E-state index is -0.152. The van der Waals surface area contributed by atoms with Crippen LogP contribution in [0.15, 0.2) is 41.0 Å². The summed E-state index contributed by atoms with van der Waals surface area (Å²) in [7, 11) is 0. The first-order valence-electron chi connectivity index (χ1n) is 6.81. The molecule has 0 radical (unpaired) electrons. The summed E-state index contributed by atoms with van der Waals surface area (Å²) in [6.07, 6.45) is 2.45. The summed E-state index contributed by atoms with van der Waals surface area (Å²) >= 11 is 0. The van der Waals surface area contributed by atoms with Crippen LogP contribution in [0.2, 0.25) is 0 Å². The maximum atomic E-state index is 12.1. The van der Waals surface area contributed by atoms with E-state index in [0.29, 0.717) is 17.9 Å². The molecule has 1 unspecified atom stereocenters. The Labute approximate surface area is 119 Å². The van der Waals surface area contributed by atoms with E-state index < -0.39 is 0 Å². The van der Waals surface area contributed by atoms with E-state index in [0.717, 1.165) is 12.0 Å². The molecule has 1 amide bonds. The number of nitrogens with two attached hydrogens (primary N) is 1. The molecule has 0 saturated carbocycles. The van der Waals surface area contributed by atoms with E-state index in [1.54, 1.807) is 6.07 Å². The van der Waals surface area contributed by atoms with Gasteiger partial charge in [-0.25, -0.2) is 0 Å². The first-order valence-corrected chi connectivity index (χ1v) is 6.81. The van der Waals surface area contributed by atoms with Crippen molar-refractivity contribution in [3.8, 4) is 0 Å². The summed E-state index contributed by atoms with van der Waals surface area (Å²) in [6.45, 7) is 4.37. The van der Waals surface area contributed by atoms with Crippen LogP contribution in [-0.2, 0) is 13.0 Å². The van der Waals surface area contributed by atoms with Crippen LogP contribution >= 0.6 is 0 Å². The smallest absolute Gasteiger partial charge is 0.255 e. The molecule has 1 heterocycles. The minimum Gasteiger partial charge on any atom is -0.467 e. The minimum absolute atomic E-state index is 0.0513. The quantitative estimate of drug-likeness (QED) is 0.879. The molecule has 4 nitrogen and oxygen atoms in total. The van der Waals surface area contributed by atoms with Crippen LogP contribution in [-0.4, -0.2) is 5.91 Å². The van der Waals surface area contributed by atoms with Gasteiger partial charge in [-0.15, -0.1) is 0 Å². The van der Waals surface area contributed by atoms with Crippen LogP contribution in [0.5, 0.6) is 0 Å². The van der Waals surface area contributed by atoms with E-state index in [4.69, 9.17) is 10.2 Å². The largest absolute Gasteiger partial charge is 0.467 e. The average molecular weight is 272 g/mol. The van der Waals surface area contributed by atoms with Gasteiger partial charge in [0.05, 0.1) is 18.2 Å². The molecule has 2 aromatic rings. The fraction of sp³-hybridized carbons (Fsp3) is 0.312. The van der Waals surface area contributed by atoms with Crippen LogP contribution in [0.25, 0.3) is 0 Å². The van der Waals surface area contributed by atoms with Gasteiger partial charge in [0.1, 0.15) is 12.0 Å². The molecule has 106 valence electrons. The highest BCUT2D eigenvalue weighted by Gasteiger charge is 2.13. The van der Waals surface area contributed by atoms with E-state index in [1.165, 1.54) is 11.8 Å². The lowest BCUT2D eigenvalue weighted by Crippen LogP contribution is -2.26. The van der Waals surface area contributed by atoms with Crippen molar-refractivity contribution in [3.63, 3.8) is 0 Å². The molecule has 0 bridgehead atoms. The van der Waals surface area contributed by atoms with Gasteiger partial charge in [0, 0.05) is 0 Å². The second-order valence-corrected chi connectivity index (χ2v) is 4.80. The van der Waals surface area contributed by atoms with Crippen molar-refractivity contribution in [1.29, 1.82) is 0 Å². The van der Waals surface area contributed by atoms with E-state index in [9.17, 15) is 4.79 Å². The molecule has 3 N–H and O–H groups in total. The summed E-state index contributed by atoms with van der Waals surface area (Å²) in [6, 6.07) is 9.88. The number of aryl methyl sites for hydroxylation is 1. The van der Waals surface area contributed by atoms with Gasteiger partial charge in [-0.2, -0.15) is 0 Å². The number of nitrogens with one attached hydrogen (secondary N) is 1. The molecule has 20 heavy (non-hydrogen) atoms. The Morgan fingerprint density at radius 3 is 2.60 bits per heavy atom. The second kappa shape index (κ2) is 6.39. The first-order chi connectivity index (χ1) is 9.63. The number of rotatable bonds is 5. The normalized spacial score (nSPS) is 12.2. The van der Waals surface area contributed by atoms with E-state index in [2.05, 4.69) is 24.4 Å². The molecule has 1 aromatic carbocycles. The molecule has 4 heteroatoms. The van der Waals surface area contributed by atoms with Gasteiger partial charge in [0.2, 0.25) is 0 Å². The number of carbonyl (C=O) groups excluding carboxylic acids is 1. The number of furan rings is 1. The van der Waals surface area contributed by atoms with Crippen molar-refractivity contribution in [2.75, 3.05) is 0 Å². The summed E-state index contributed by atoms with van der Waals surface area (Å²) in [4.78, 5) is 12.1. The zero-order chi connectivity index (χ0) is 14.5. The maximum Gasteiger partial charge on any atom is 0.255 e. The molecular weight excluding hydrogens is 252 g/mol. The van der Waals surface area contributed by atoms with Crippen molar-refractivity contribution >= 4 is 5.91 Å². The van der Waals surface area contributed by atoms with Crippen LogP contribution in [0.4, 0.5) is 0 Å². The standard InChI is InChI=1S/C16H20N2O2/c1-3-12-4-6-13(7-5-12)11(2)18-16(19)14-8-15(9-17)20-10-14/h4-8,10-11H,3,9,17H2,1-2H3,(H,18,19). The molecule has 0 aliphatic carbocycles. The van der Waals surface area contributed by atoms with Crippen LogP contribution < -0.4 is 11.1 Å². The Hall–Kier alpha value is -2.07. The fourth-order valence-corrected chi connectivity index (χ4v) is 2.01. The third-order valence-corrected chi connectivity index (χ3v) is 3.35. The zero-order valence-electron chi connectivity index (χ0n) is 11.8. The highest BCUT2D eigenvalue weighted by atomic mass is 16.3. The molecule has 2 rings (SSSR count). The third-order valence-electron chi connectivity index (χ3n) is 3.35. The molecule has 0 aliphatic heterocycles. The Morgan fingerprint density at radius 2 is 2.05 bits per heavy atom. The number of amides is 1. The average Bonchev–Trinajstić information content (AvgIpc) is 2.96. The Bertz CT molecular complexity index is 572. The highest BCUT2D eigenvalue weighted by molar-refractivity contribution is 5.94. The van der Waals surface area contributed by atoms with E-state index in [-0.39, 0.29) is 11.9 Å². The molecule has 0 fully saturated rings. The molecular formula is C16H20N2O2. The molecule has 0 aliphatic rings. The molecule has 0 spiro atoms. The topological polar surface area (TPSA) is 68.3 Å². The van der Waals surface area contributed by atoms with E-state index >= 15 is 0 Å². The zero-order valence-corrected chi connectivity index (χ0v) is 11.8. The van der Waals surface area contributed by atoms with Crippen LogP contribution in [0.1, 0.15) is 47.1 Å². The van der Waals surface area contributed by atoms with Gasteiger partial charge >= 0.3 is 0 Å². The SMILES string of the molecule is CCc1ccc(C(C)NC(=O)c2coc(CN)c2)cc1. The summed E-state index contributed by atoms with van der Waals surface area (Å²) in [5.41, 5.74) is 8.33. The molecule has 1 atom stereocenters. The van der Waals surface area contributed by atoms with Gasteiger partial charge in [-0.1, -0.05) is 31.2 Å². The van der Waals surface area contributed by atoms with Crippen molar-refractivity contribution < 1.29 is 9.21 Å². The summed E-state index contributed by atoms with van der Waals surface area (Å²) < 4.78 is 5.17. The van der Waals surface area contributed by atoms with Crippen molar-refractivity contribution in [3.05, 3.63) is 59.0 Å². The monoisotopic (exact) mass is 272 g/mol. The van der Waals surface area contributed by atoms with Gasteiger partial charge in [-0.3, -0.25) is 4.79 Å². The van der Waals surface area contributed by atoms with Gasteiger partial charge in [-0.05, 0) is 30.5 Å². The van der Waals surface area contributed by atoms with E-state index in [1.807, 2.05) is 19.1 Å². The van der Waals surface area contributed by atoms with Gasteiger partial charge < -0.3 is 15.5 Å². The molecule has 0 saturated heterocycles. The maximum absolute atomic E-state index is 12.1. The first kappa shape index (κ1) is 14.3. The van der Waals surface area contributed by atoms with Crippen LogP contribution in [0.3, 0.4) is 0 Å². The van der Waals surface area contributed by atoms with Crippen LogP contribution in [0, 0.1) is 0 Å². The lowest BCUT2D eigenvalue weighted by molar-refractivity contribution is 0.0939. The number of hydrogen-bond acceptors (Lipinski definition) is 3. The second-order valence-electron chi connectivity index (χ2n) is 4.80. The fourth-order valence-electron chi connectivity index (χ4n) is 2.01. The molecule has 1 aromatic heterocycles. The number of carbonyl (C=O) groups is 1. The summed E-state index contributed by atoms with van der Waals surface area (Å²) in [5.74, 6) is 0.454. The van der Waals surface area contributed by atoms with Crippen molar-refractivity contribution in [2.24, 2.45) is 5.73 Å².